The Morgan fingerprint density at radius 1 is 1.29 bits per heavy atom. The molecule has 0 aromatic carbocycles. The number of ketones is 1. The maximum Gasteiger partial charge on any atom is 0.268 e. The van der Waals surface area contributed by atoms with Gasteiger partial charge in [-0.3, -0.25) is 9.59 Å². The Bertz CT molecular complexity index is 577. The van der Waals surface area contributed by atoms with E-state index in [-0.39, 0.29) is 30.1 Å². The largest absolute Gasteiger partial charge is 0.354 e. The molecule has 1 atom stereocenters. The molecule has 1 aliphatic rings. The Hall–Kier alpha value is -1.33. The number of aryl methyl sites for hydroxylation is 1. The predicted molar refractivity (Wildman–Crippen MR) is 99.0 cm³/mol. The van der Waals surface area contributed by atoms with Crippen molar-refractivity contribution >= 4 is 24.1 Å². The van der Waals surface area contributed by atoms with Crippen LogP contribution in [0.5, 0.6) is 0 Å². The van der Waals surface area contributed by atoms with Crippen LogP contribution in [0.25, 0.3) is 0 Å². The molecule has 1 aromatic rings. The summed E-state index contributed by atoms with van der Waals surface area (Å²) >= 11 is 0. The third-order valence-electron chi connectivity index (χ3n) is 5.01. The molecule has 0 aliphatic heterocycles. The van der Waals surface area contributed by atoms with Crippen LogP contribution in [0.4, 0.5) is 0 Å². The number of aromatic nitrogens is 1. The van der Waals surface area contributed by atoms with E-state index in [0.29, 0.717) is 30.1 Å². The molecule has 1 heterocycles. The van der Waals surface area contributed by atoms with Crippen molar-refractivity contribution in [1.29, 1.82) is 0 Å². The van der Waals surface area contributed by atoms with Crippen molar-refractivity contribution in [2.75, 3.05) is 6.54 Å². The van der Waals surface area contributed by atoms with Crippen LogP contribution >= 0.6 is 12.4 Å². The fourth-order valence-electron chi connectivity index (χ4n) is 3.85. The Morgan fingerprint density at radius 2 is 1.92 bits per heavy atom. The summed E-state index contributed by atoms with van der Waals surface area (Å²) in [7, 11) is 0. The summed E-state index contributed by atoms with van der Waals surface area (Å²) in [6.07, 6.45) is 6.62. The van der Waals surface area contributed by atoms with E-state index in [9.17, 15) is 9.59 Å². The zero-order valence-corrected chi connectivity index (χ0v) is 15.7. The first-order valence-electron chi connectivity index (χ1n) is 8.72. The molecule has 1 saturated carbocycles. The van der Waals surface area contributed by atoms with Crippen molar-refractivity contribution in [3.8, 4) is 0 Å². The molecule has 136 valence electrons. The molecule has 0 spiro atoms. The van der Waals surface area contributed by atoms with Crippen molar-refractivity contribution in [2.24, 2.45) is 11.7 Å². The molecule has 5 nitrogen and oxygen atoms in total. The number of nitrogens with two attached hydrogens (primary N) is 1. The van der Waals surface area contributed by atoms with Gasteiger partial charge in [0.05, 0.1) is 0 Å². The number of halogens is 1. The van der Waals surface area contributed by atoms with Gasteiger partial charge in [-0.2, -0.15) is 0 Å². The van der Waals surface area contributed by atoms with Gasteiger partial charge in [-0.05, 0) is 44.6 Å². The summed E-state index contributed by atoms with van der Waals surface area (Å²) < 4.78 is 0. The highest BCUT2D eigenvalue weighted by atomic mass is 35.5. The van der Waals surface area contributed by atoms with Crippen molar-refractivity contribution in [3.63, 3.8) is 0 Å². The highest BCUT2D eigenvalue weighted by Crippen LogP contribution is 2.27. The maximum absolute atomic E-state index is 12.7. The van der Waals surface area contributed by atoms with Gasteiger partial charge in [-0.15, -0.1) is 12.4 Å². The van der Waals surface area contributed by atoms with Crippen LogP contribution < -0.4 is 11.1 Å². The molecule has 6 heteroatoms. The molecule has 4 N–H and O–H groups in total. The lowest BCUT2D eigenvalue weighted by atomic mass is 9.84. The van der Waals surface area contributed by atoms with Crippen LogP contribution in [0.15, 0.2) is 0 Å². The van der Waals surface area contributed by atoms with Crippen LogP contribution in [0.1, 0.15) is 78.1 Å². The number of nitrogens with one attached hydrogen (secondary N) is 2. The number of H-pyrrole nitrogens is 1. The summed E-state index contributed by atoms with van der Waals surface area (Å²) in [4.78, 5) is 27.7. The van der Waals surface area contributed by atoms with E-state index in [2.05, 4.69) is 10.3 Å². The number of rotatable bonds is 6. The molecular weight excluding hydrogens is 326 g/mol. The van der Waals surface area contributed by atoms with Crippen LogP contribution in [0.2, 0.25) is 0 Å². The highest BCUT2D eigenvalue weighted by molar-refractivity contribution is 6.02. The van der Waals surface area contributed by atoms with E-state index in [1.54, 1.807) is 6.92 Å². The molecule has 1 amide bonds. The molecular formula is C18H30ClN3O2. The Morgan fingerprint density at radius 3 is 2.42 bits per heavy atom. The van der Waals surface area contributed by atoms with E-state index in [0.717, 1.165) is 24.1 Å². The molecule has 0 radical (unpaired) electrons. The van der Waals surface area contributed by atoms with Gasteiger partial charge in [0.25, 0.3) is 5.91 Å². The number of hydrogen-bond acceptors (Lipinski definition) is 3. The van der Waals surface area contributed by atoms with Gasteiger partial charge in [0.1, 0.15) is 5.69 Å². The number of amides is 1. The third-order valence-corrected chi connectivity index (χ3v) is 5.01. The maximum atomic E-state index is 12.7. The number of hydrogen-bond donors (Lipinski definition) is 3. The van der Waals surface area contributed by atoms with Crippen LogP contribution in [0, 0.1) is 12.8 Å². The molecule has 0 saturated heterocycles. The summed E-state index contributed by atoms with van der Waals surface area (Å²) in [5, 5.41) is 3.10. The van der Waals surface area contributed by atoms with Gasteiger partial charge in [0.2, 0.25) is 0 Å². The fourth-order valence-corrected chi connectivity index (χ4v) is 3.85. The summed E-state index contributed by atoms with van der Waals surface area (Å²) in [6.45, 7) is 5.81. The monoisotopic (exact) mass is 355 g/mol. The lowest BCUT2D eigenvalue weighted by Crippen LogP contribution is -2.46. The molecule has 1 unspecified atom stereocenters. The zero-order valence-electron chi connectivity index (χ0n) is 14.9. The molecule has 1 fully saturated rings. The van der Waals surface area contributed by atoms with Gasteiger partial charge in [0, 0.05) is 23.8 Å². The smallest absolute Gasteiger partial charge is 0.268 e. The first-order chi connectivity index (χ1) is 11.0. The minimum absolute atomic E-state index is 0. The van der Waals surface area contributed by atoms with E-state index in [1.807, 2.05) is 13.8 Å². The Balaban J connectivity index is 0.00000288. The molecule has 1 aromatic heterocycles. The molecule has 1 aliphatic carbocycles. The van der Waals surface area contributed by atoms with Gasteiger partial charge in [-0.1, -0.05) is 26.2 Å². The van der Waals surface area contributed by atoms with Gasteiger partial charge in [0.15, 0.2) is 5.78 Å². The van der Waals surface area contributed by atoms with E-state index < -0.39 is 0 Å². The Labute approximate surface area is 150 Å². The van der Waals surface area contributed by atoms with Crippen LogP contribution in [-0.4, -0.2) is 29.3 Å². The first-order valence-corrected chi connectivity index (χ1v) is 8.72. The number of carbonyl (C=O) groups excluding carboxylic acids is 2. The molecule has 2 rings (SSSR count). The summed E-state index contributed by atoms with van der Waals surface area (Å²) in [5.41, 5.74) is 8.65. The second-order valence-electron chi connectivity index (χ2n) is 6.60. The predicted octanol–water partition coefficient (Wildman–Crippen LogP) is 3.15. The topological polar surface area (TPSA) is 88.0 Å². The van der Waals surface area contributed by atoms with Crippen molar-refractivity contribution < 1.29 is 9.59 Å². The highest BCUT2D eigenvalue weighted by Gasteiger charge is 2.27. The standard InChI is InChI=1S/C18H29N3O2.ClH/c1-4-14-16(12(3)22)11(2)20-17(14)18(23)21-15(10-19)13-8-6-5-7-9-13;/h13,15,20H,4-10,19H2,1-3H3,(H,21,23);1H. The molecule has 24 heavy (non-hydrogen) atoms. The van der Waals surface area contributed by atoms with Gasteiger partial charge in [-0.25, -0.2) is 0 Å². The average molecular weight is 356 g/mol. The first kappa shape index (κ1) is 20.7. The third kappa shape index (κ3) is 4.39. The van der Waals surface area contributed by atoms with Crippen molar-refractivity contribution in [2.45, 2.75) is 65.3 Å². The average Bonchev–Trinajstić information content (AvgIpc) is 2.90. The minimum atomic E-state index is -0.140. The fraction of sp³-hybridized carbons (Fsp3) is 0.667. The van der Waals surface area contributed by atoms with Gasteiger partial charge >= 0.3 is 0 Å². The minimum Gasteiger partial charge on any atom is -0.354 e. The van der Waals surface area contributed by atoms with Crippen molar-refractivity contribution in [1.82, 2.24) is 10.3 Å². The second kappa shape index (κ2) is 9.23. The zero-order chi connectivity index (χ0) is 17.0. The lowest BCUT2D eigenvalue weighted by Gasteiger charge is -2.30. The van der Waals surface area contributed by atoms with E-state index >= 15 is 0 Å². The number of Topliss-reactive ketones (excluding diaryl/α,β-unsaturated/α-hetero) is 1. The van der Waals surface area contributed by atoms with E-state index in [1.165, 1.54) is 19.3 Å². The Kier molecular flexibility index (Phi) is 7.97. The van der Waals surface area contributed by atoms with Crippen LogP contribution in [0.3, 0.4) is 0 Å². The summed E-state index contributed by atoms with van der Waals surface area (Å²) in [5.74, 6) is 0.321. The number of carbonyl (C=O) groups is 2. The second-order valence-corrected chi connectivity index (χ2v) is 6.60. The lowest BCUT2D eigenvalue weighted by molar-refractivity contribution is 0.0910. The normalized spacial score (nSPS) is 16.3. The van der Waals surface area contributed by atoms with Crippen molar-refractivity contribution in [3.05, 3.63) is 22.5 Å². The quantitative estimate of drug-likeness (QED) is 0.685. The van der Waals surface area contributed by atoms with E-state index in [4.69, 9.17) is 5.73 Å². The molecule has 0 bridgehead atoms. The summed E-state index contributed by atoms with van der Waals surface area (Å²) in [6, 6.07) is 0.0110. The van der Waals surface area contributed by atoms with Crippen LogP contribution in [-0.2, 0) is 6.42 Å². The van der Waals surface area contributed by atoms with Gasteiger partial charge < -0.3 is 16.0 Å². The SMILES string of the molecule is CCc1c(C(=O)NC(CN)C2CCCCC2)[nH]c(C)c1C(C)=O.Cl. The number of aromatic amines is 1.